The van der Waals surface area contributed by atoms with Crippen LogP contribution in [0.2, 0.25) is 0 Å². The van der Waals surface area contributed by atoms with Crippen LogP contribution in [-0.2, 0) is 11.3 Å². The van der Waals surface area contributed by atoms with Crippen LogP contribution in [0.5, 0.6) is 5.75 Å². The highest BCUT2D eigenvalue weighted by Gasteiger charge is 2.41. The summed E-state index contributed by atoms with van der Waals surface area (Å²) in [5.41, 5.74) is 6.42. The van der Waals surface area contributed by atoms with Crippen molar-refractivity contribution in [2.45, 2.75) is 12.6 Å². The number of amides is 3. The van der Waals surface area contributed by atoms with Crippen LogP contribution >= 0.6 is 0 Å². The van der Waals surface area contributed by atoms with Gasteiger partial charge in [0.25, 0.3) is 5.91 Å². The average molecular weight is 395 g/mol. The Bertz CT molecular complexity index is 1060. The van der Waals surface area contributed by atoms with Gasteiger partial charge < -0.3 is 20.6 Å². The first-order chi connectivity index (χ1) is 13.8. The van der Waals surface area contributed by atoms with Gasteiger partial charge >= 0.3 is 0 Å². The molecular weight excluding hydrogens is 377 g/mol. The number of aromatic hydroxyl groups is 1. The normalized spacial score (nSPS) is 15.8. The van der Waals surface area contributed by atoms with Crippen LogP contribution in [0.4, 0.5) is 4.39 Å². The van der Waals surface area contributed by atoms with E-state index in [9.17, 15) is 23.9 Å². The largest absolute Gasteiger partial charge is 0.507 e. The quantitative estimate of drug-likeness (QED) is 0.768. The Hall–Kier alpha value is -3.68. The molecular formula is C21H18FN3O4. The third kappa shape index (κ3) is 2.93. The van der Waals surface area contributed by atoms with Crippen molar-refractivity contribution < 1.29 is 23.9 Å². The van der Waals surface area contributed by atoms with Crippen molar-refractivity contribution in [1.82, 2.24) is 9.80 Å². The number of hydrogen-bond donors (Lipinski definition) is 2. The Kier molecular flexibility index (Phi) is 4.34. The number of benzene rings is 2. The summed E-state index contributed by atoms with van der Waals surface area (Å²) in [4.78, 5) is 39.8. The molecule has 2 aliphatic heterocycles. The lowest BCUT2D eigenvalue weighted by molar-refractivity contribution is -0.132. The average Bonchev–Trinajstić information content (AvgIpc) is 2.96. The maximum Gasteiger partial charge on any atom is 0.254 e. The Morgan fingerprint density at radius 2 is 2.00 bits per heavy atom. The Balaban J connectivity index is 1.72. The molecule has 0 saturated carbocycles. The summed E-state index contributed by atoms with van der Waals surface area (Å²) in [6, 6.07) is 6.53. The number of phenols is 1. The minimum atomic E-state index is -0.745. The van der Waals surface area contributed by atoms with Crippen molar-refractivity contribution in [1.29, 1.82) is 0 Å². The maximum atomic E-state index is 14.3. The van der Waals surface area contributed by atoms with Crippen LogP contribution in [0.25, 0.3) is 11.1 Å². The molecule has 29 heavy (non-hydrogen) atoms. The van der Waals surface area contributed by atoms with Crippen molar-refractivity contribution in [2.24, 2.45) is 5.73 Å². The predicted octanol–water partition coefficient (Wildman–Crippen LogP) is 1.65. The van der Waals surface area contributed by atoms with E-state index in [1.54, 1.807) is 9.80 Å². The third-order valence-corrected chi connectivity index (χ3v) is 5.40. The van der Waals surface area contributed by atoms with Gasteiger partial charge in [-0.25, -0.2) is 4.39 Å². The molecule has 3 N–H and O–H groups in total. The van der Waals surface area contributed by atoms with E-state index in [-0.39, 0.29) is 52.4 Å². The lowest BCUT2D eigenvalue weighted by Crippen LogP contribution is -2.60. The van der Waals surface area contributed by atoms with E-state index in [1.165, 1.54) is 36.4 Å². The van der Waals surface area contributed by atoms with Gasteiger partial charge in [-0.2, -0.15) is 0 Å². The van der Waals surface area contributed by atoms with Gasteiger partial charge in [-0.15, -0.1) is 0 Å². The van der Waals surface area contributed by atoms with Gasteiger partial charge in [-0.05, 0) is 41.5 Å². The highest BCUT2D eigenvalue weighted by Crippen LogP contribution is 2.37. The Morgan fingerprint density at radius 1 is 1.28 bits per heavy atom. The zero-order valence-electron chi connectivity index (χ0n) is 15.4. The number of halogens is 1. The molecule has 2 heterocycles. The fraction of sp³-hybridized carbons (Fsp3) is 0.190. The smallest absolute Gasteiger partial charge is 0.254 e. The molecule has 0 unspecified atom stereocenters. The van der Waals surface area contributed by atoms with E-state index in [2.05, 4.69) is 6.58 Å². The standard InChI is InChI=1S/C21H18FN3O4/c1-2-18(27)24-8-12(9-24)25-10-15-13(20(23)28)6-11(7-14(15)21(25)29)19-16(22)4-3-5-17(19)26/h2-7,12,26H,1,8-10H2,(H2,23,28). The molecule has 4 rings (SSSR count). The zero-order chi connectivity index (χ0) is 20.9. The van der Waals surface area contributed by atoms with E-state index in [4.69, 9.17) is 5.73 Å². The molecule has 0 aromatic heterocycles. The van der Waals surface area contributed by atoms with Crippen molar-refractivity contribution in [3.63, 3.8) is 0 Å². The van der Waals surface area contributed by atoms with Crippen LogP contribution in [0.15, 0.2) is 43.0 Å². The number of primary amides is 1. The first kappa shape index (κ1) is 18.7. The van der Waals surface area contributed by atoms with Crippen molar-refractivity contribution in [2.75, 3.05) is 13.1 Å². The summed E-state index contributed by atoms with van der Waals surface area (Å²) in [5.74, 6) is -2.26. The first-order valence-electron chi connectivity index (χ1n) is 8.98. The number of nitrogens with zero attached hydrogens (tertiary/aromatic N) is 2. The van der Waals surface area contributed by atoms with Crippen molar-refractivity contribution in [3.05, 3.63) is 65.5 Å². The SMILES string of the molecule is C=CC(=O)N1CC(N2Cc3c(C(N)=O)cc(-c4c(O)cccc4F)cc3C2=O)C1. The van der Waals surface area contributed by atoms with Gasteiger partial charge in [0.1, 0.15) is 11.6 Å². The molecule has 148 valence electrons. The molecule has 0 radical (unpaired) electrons. The van der Waals surface area contributed by atoms with E-state index < -0.39 is 11.7 Å². The van der Waals surface area contributed by atoms with Crippen LogP contribution in [-0.4, -0.2) is 51.8 Å². The van der Waals surface area contributed by atoms with Gasteiger partial charge in [0.05, 0.1) is 11.6 Å². The van der Waals surface area contributed by atoms with E-state index in [0.29, 0.717) is 18.7 Å². The molecule has 0 bridgehead atoms. The minimum Gasteiger partial charge on any atom is -0.507 e. The van der Waals surface area contributed by atoms with Crippen LogP contribution in [0.3, 0.4) is 0 Å². The fourth-order valence-electron chi connectivity index (χ4n) is 3.85. The summed E-state index contributed by atoms with van der Waals surface area (Å²) in [6.45, 7) is 4.37. The number of carbonyl (C=O) groups is 3. The van der Waals surface area contributed by atoms with E-state index in [0.717, 1.165) is 0 Å². The Labute approximate surface area is 165 Å². The summed E-state index contributed by atoms with van der Waals surface area (Å²) in [6.07, 6.45) is 1.22. The number of carbonyl (C=O) groups excluding carboxylic acids is 3. The summed E-state index contributed by atoms with van der Waals surface area (Å²) >= 11 is 0. The fourth-order valence-corrected chi connectivity index (χ4v) is 3.85. The highest BCUT2D eigenvalue weighted by atomic mass is 19.1. The topological polar surface area (TPSA) is 104 Å². The lowest BCUT2D eigenvalue weighted by Gasteiger charge is -2.43. The van der Waals surface area contributed by atoms with Gasteiger partial charge in [-0.1, -0.05) is 12.6 Å². The molecule has 8 heteroatoms. The van der Waals surface area contributed by atoms with Crippen molar-refractivity contribution >= 4 is 17.7 Å². The van der Waals surface area contributed by atoms with Gasteiger partial charge in [0.2, 0.25) is 11.8 Å². The summed E-state index contributed by atoms with van der Waals surface area (Å²) in [7, 11) is 0. The van der Waals surface area contributed by atoms with Gasteiger partial charge in [0, 0.05) is 30.8 Å². The van der Waals surface area contributed by atoms with E-state index >= 15 is 0 Å². The van der Waals surface area contributed by atoms with Crippen molar-refractivity contribution in [3.8, 4) is 16.9 Å². The van der Waals surface area contributed by atoms with Crippen LogP contribution < -0.4 is 5.73 Å². The molecule has 7 nitrogen and oxygen atoms in total. The molecule has 2 aliphatic rings. The lowest BCUT2D eigenvalue weighted by atomic mass is 9.94. The summed E-state index contributed by atoms with van der Waals surface area (Å²) in [5, 5.41) is 10.1. The monoisotopic (exact) mass is 395 g/mol. The molecule has 1 saturated heterocycles. The van der Waals surface area contributed by atoms with E-state index in [1.807, 2.05) is 0 Å². The second kappa shape index (κ2) is 6.73. The number of rotatable bonds is 4. The second-order valence-corrected chi connectivity index (χ2v) is 7.08. The molecule has 3 amide bonds. The molecule has 0 atom stereocenters. The molecule has 2 aromatic rings. The van der Waals surface area contributed by atoms with Gasteiger partial charge in [-0.3, -0.25) is 14.4 Å². The predicted molar refractivity (Wildman–Crippen MR) is 102 cm³/mol. The number of hydrogen-bond acceptors (Lipinski definition) is 4. The number of likely N-dealkylation sites (tertiary alicyclic amines) is 1. The number of nitrogens with two attached hydrogens (primary N) is 1. The van der Waals surface area contributed by atoms with Crippen LogP contribution in [0, 0.1) is 5.82 Å². The number of phenolic OH excluding ortho intramolecular Hbond substituents is 1. The maximum absolute atomic E-state index is 14.3. The highest BCUT2D eigenvalue weighted by molar-refractivity contribution is 6.06. The molecule has 1 fully saturated rings. The third-order valence-electron chi connectivity index (χ3n) is 5.40. The molecule has 2 aromatic carbocycles. The van der Waals surface area contributed by atoms with Crippen LogP contribution in [0.1, 0.15) is 26.3 Å². The number of fused-ring (bicyclic) bond motifs is 1. The second-order valence-electron chi connectivity index (χ2n) is 7.08. The minimum absolute atomic E-state index is 0.101. The molecule has 0 spiro atoms. The summed E-state index contributed by atoms with van der Waals surface area (Å²) < 4.78 is 14.3. The first-order valence-corrected chi connectivity index (χ1v) is 8.98. The van der Waals surface area contributed by atoms with Gasteiger partial charge in [0.15, 0.2) is 0 Å². The Morgan fingerprint density at radius 3 is 2.62 bits per heavy atom. The molecule has 0 aliphatic carbocycles. The zero-order valence-corrected chi connectivity index (χ0v) is 15.4.